The topological polar surface area (TPSA) is 95.9 Å². The van der Waals surface area contributed by atoms with Gasteiger partial charge >= 0.3 is 5.97 Å². The summed E-state index contributed by atoms with van der Waals surface area (Å²) in [5.74, 6) is -0.127. The highest BCUT2D eigenvalue weighted by molar-refractivity contribution is 5.76. The normalized spacial score (nSPS) is 12.8. The van der Waals surface area contributed by atoms with Gasteiger partial charge in [-0.2, -0.15) is 0 Å². The Morgan fingerprint density at radius 1 is 0.452 bits per heavy atom. The van der Waals surface area contributed by atoms with E-state index in [1.807, 2.05) is 6.08 Å². The molecule has 62 heavy (non-hydrogen) atoms. The lowest BCUT2D eigenvalue weighted by molar-refractivity contribution is -0.143. The van der Waals surface area contributed by atoms with Crippen LogP contribution >= 0.6 is 0 Å². The molecule has 0 saturated heterocycles. The fourth-order valence-electron chi connectivity index (χ4n) is 8.51. The van der Waals surface area contributed by atoms with Crippen molar-refractivity contribution in [1.82, 2.24) is 5.32 Å². The molecule has 0 saturated carbocycles. The van der Waals surface area contributed by atoms with E-state index in [2.05, 4.69) is 37.4 Å². The average Bonchev–Trinajstić information content (AvgIpc) is 3.27. The van der Waals surface area contributed by atoms with Gasteiger partial charge in [0.05, 0.1) is 25.4 Å². The monoisotopic (exact) mass is 874 g/mol. The van der Waals surface area contributed by atoms with Crippen LogP contribution in [0.1, 0.15) is 296 Å². The highest BCUT2D eigenvalue weighted by Gasteiger charge is 2.19. The lowest BCUT2D eigenvalue weighted by Gasteiger charge is -2.22. The van der Waals surface area contributed by atoms with E-state index in [0.717, 1.165) is 51.4 Å². The Morgan fingerprint density at radius 3 is 1.26 bits per heavy atom. The fraction of sp³-hybridized carbons (Fsp3) is 0.893. The van der Waals surface area contributed by atoms with Crippen LogP contribution in [0.3, 0.4) is 0 Å². The number of unbranched alkanes of at least 4 members (excludes halogenated alkanes) is 36. The summed E-state index contributed by atoms with van der Waals surface area (Å²) in [7, 11) is 0. The van der Waals surface area contributed by atoms with Crippen LogP contribution in [0.15, 0.2) is 24.3 Å². The van der Waals surface area contributed by atoms with E-state index in [4.69, 9.17) is 4.74 Å². The van der Waals surface area contributed by atoms with Crippen molar-refractivity contribution in [3.63, 3.8) is 0 Å². The molecule has 0 spiro atoms. The third-order valence-electron chi connectivity index (χ3n) is 12.8. The molecule has 0 aliphatic carbocycles. The number of amides is 1. The summed E-state index contributed by atoms with van der Waals surface area (Å²) in [6.07, 6.45) is 61.8. The van der Waals surface area contributed by atoms with Gasteiger partial charge in [-0.15, -0.1) is 0 Å². The van der Waals surface area contributed by atoms with Crippen LogP contribution in [0.4, 0.5) is 0 Å². The van der Waals surface area contributed by atoms with Gasteiger partial charge in [-0.3, -0.25) is 9.59 Å². The molecule has 6 heteroatoms. The summed E-state index contributed by atoms with van der Waals surface area (Å²) in [4.78, 5) is 24.5. The zero-order valence-electron chi connectivity index (χ0n) is 41.6. The highest BCUT2D eigenvalue weighted by Crippen LogP contribution is 2.17. The van der Waals surface area contributed by atoms with Gasteiger partial charge in [0.2, 0.25) is 5.91 Å². The van der Waals surface area contributed by atoms with E-state index in [1.54, 1.807) is 0 Å². The van der Waals surface area contributed by atoms with E-state index >= 15 is 0 Å². The van der Waals surface area contributed by atoms with Gasteiger partial charge in [0, 0.05) is 12.8 Å². The van der Waals surface area contributed by atoms with Crippen molar-refractivity contribution in [2.75, 3.05) is 13.2 Å². The lowest BCUT2D eigenvalue weighted by atomic mass is 10.0. The first-order valence-electron chi connectivity index (χ1n) is 27.6. The molecule has 0 aliphatic heterocycles. The Kier molecular flexibility index (Phi) is 50.6. The Balaban J connectivity index is 3.49. The predicted molar refractivity (Wildman–Crippen MR) is 269 cm³/mol. The van der Waals surface area contributed by atoms with E-state index in [1.165, 1.54) is 205 Å². The molecule has 3 N–H and O–H groups in total. The quantitative estimate of drug-likeness (QED) is 0.0321. The van der Waals surface area contributed by atoms with Crippen molar-refractivity contribution in [1.29, 1.82) is 0 Å². The molecule has 0 aromatic carbocycles. The largest absolute Gasteiger partial charge is 0.466 e. The summed E-state index contributed by atoms with van der Waals surface area (Å²) in [6, 6.07) is -0.584. The van der Waals surface area contributed by atoms with Crippen molar-refractivity contribution >= 4 is 11.9 Å². The molecule has 6 nitrogen and oxygen atoms in total. The summed E-state index contributed by atoms with van der Waals surface area (Å²) in [5, 5.41) is 23.1. The molecule has 2 atom stereocenters. The van der Waals surface area contributed by atoms with Crippen LogP contribution in [0.5, 0.6) is 0 Å². The molecule has 0 aromatic rings. The number of hydrogen-bond donors (Lipinski definition) is 3. The Bertz CT molecular complexity index is 966. The summed E-state index contributed by atoms with van der Waals surface area (Å²) >= 11 is 0. The second kappa shape index (κ2) is 52.0. The van der Waals surface area contributed by atoms with Gasteiger partial charge in [0.15, 0.2) is 0 Å². The zero-order chi connectivity index (χ0) is 45.1. The third-order valence-corrected chi connectivity index (χ3v) is 12.8. The molecule has 0 heterocycles. The first-order valence-corrected chi connectivity index (χ1v) is 27.6. The minimum atomic E-state index is -0.697. The van der Waals surface area contributed by atoms with E-state index in [0.29, 0.717) is 32.3 Å². The number of hydrogen-bond acceptors (Lipinski definition) is 5. The molecular weight excluding hydrogens is 767 g/mol. The number of carbonyl (C=O) groups is 2. The van der Waals surface area contributed by atoms with Gasteiger partial charge in [0.25, 0.3) is 0 Å². The third kappa shape index (κ3) is 47.8. The molecule has 366 valence electrons. The van der Waals surface area contributed by atoms with Crippen LogP contribution < -0.4 is 5.32 Å². The first kappa shape index (κ1) is 60.3. The number of esters is 1. The number of nitrogens with one attached hydrogen (secondary N) is 1. The molecule has 0 aromatic heterocycles. The van der Waals surface area contributed by atoms with Gasteiger partial charge < -0.3 is 20.3 Å². The number of carbonyl (C=O) groups excluding carboxylic acids is 2. The predicted octanol–water partition coefficient (Wildman–Crippen LogP) is 16.7. The minimum Gasteiger partial charge on any atom is -0.466 e. The number of allylic oxidation sites excluding steroid dienone is 4. The maximum atomic E-state index is 12.4. The molecule has 2 unspecified atom stereocenters. The number of rotatable bonds is 51. The van der Waals surface area contributed by atoms with Crippen LogP contribution in [0.2, 0.25) is 0 Å². The smallest absolute Gasteiger partial charge is 0.305 e. The van der Waals surface area contributed by atoms with Crippen LogP contribution in [0.25, 0.3) is 0 Å². The van der Waals surface area contributed by atoms with Crippen molar-refractivity contribution in [2.45, 2.75) is 309 Å². The van der Waals surface area contributed by atoms with Crippen LogP contribution in [0, 0.1) is 0 Å². The summed E-state index contributed by atoms with van der Waals surface area (Å²) in [5.41, 5.74) is 0. The standard InChI is InChI=1S/C56H107NO5/c1-3-5-7-9-11-13-15-17-18-19-20-21-22-26-30-34-38-42-46-50-56(61)62-51-47-43-39-35-31-27-23-25-29-33-37-41-45-49-55(60)57-53(52-58)54(59)48-44-40-36-32-28-24-16-14-12-10-8-6-4-2/h25,29,37,41,53-54,58-59H,3-24,26-28,30-36,38-40,42-52H2,1-2H3,(H,57,60)/b29-25-,41-37-. The van der Waals surface area contributed by atoms with Crippen molar-refractivity contribution < 1.29 is 24.5 Å². The van der Waals surface area contributed by atoms with E-state index in [-0.39, 0.29) is 18.5 Å². The van der Waals surface area contributed by atoms with Crippen molar-refractivity contribution in [3.05, 3.63) is 24.3 Å². The Morgan fingerprint density at radius 2 is 0.823 bits per heavy atom. The maximum absolute atomic E-state index is 12.4. The SMILES string of the molecule is CCCCCCCCCCCCCCCCCCCCCC(=O)OCCCCCCCC/C=C\C/C=C\CCC(=O)NC(CO)C(O)CCCCCCCCCCCCCCC. The number of aliphatic hydroxyl groups excluding tert-OH is 2. The Labute approximate surface area is 386 Å². The average molecular weight is 874 g/mol. The van der Waals surface area contributed by atoms with Crippen molar-refractivity contribution in [2.24, 2.45) is 0 Å². The summed E-state index contributed by atoms with van der Waals surface area (Å²) in [6.45, 7) is 4.90. The molecule has 0 bridgehead atoms. The number of ether oxygens (including phenoxy) is 1. The van der Waals surface area contributed by atoms with Gasteiger partial charge in [-0.05, 0) is 44.9 Å². The van der Waals surface area contributed by atoms with Gasteiger partial charge in [-0.1, -0.05) is 263 Å². The van der Waals surface area contributed by atoms with Gasteiger partial charge in [0.1, 0.15) is 0 Å². The van der Waals surface area contributed by atoms with E-state index in [9.17, 15) is 19.8 Å². The molecule has 0 aliphatic rings. The Hall–Kier alpha value is -1.66. The first-order chi connectivity index (χ1) is 30.5. The maximum Gasteiger partial charge on any atom is 0.305 e. The lowest BCUT2D eigenvalue weighted by Crippen LogP contribution is -2.45. The zero-order valence-corrected chi connectivity index (χ0v) is 41.6. The summed E-state index contributed by atoms with van der Waals surface area (Å²) < 4.78 is 5.47. The molecular formula is C56H107NO5. The second-order valence-electron chi connectivity index (χ2n) is 18.9. The molecule has 0 rings (SSSR count). The van der Waals surface area contributed by atoms with Crippen LogP contribution in [-0.4, -0.2) is 47.4 Å². The number of aliphatic hydroxyl groups is 2. The fourth-order valence-corrected chi connectivity index (χ4v) is 8.51. The molecule has 1 amide bonds. The van der Waals surface area contributed by atoms with Crippen LogP contribution in [-0.2, 0) is 14.3 Å². The highest BCUT2D eigenvalue weighted by atomic mass is 16.5. The van der Waals surface area contributed by atoms with Crippen molar-refractivity contribution in [3.8, 4) is 0 Å². The second-order valence-corrected chi connectivity index (χ2v) is 18.9. The van der Waals surface area contributed by atoms with E-state index < -0.39 is 12.1 Å². The van der Waals surface area contributed by atoms with Gasteiger partial charge in [-0.25, -0.2) is 0 Å². The molecule has 0 fully saturated rings. The molecule has 0 radical (unpaired) electrons. The minimum absolute atomic E-state index is 0.0122.